The Hall–Kier alpha value is -3.06. The molecule has 1 aromatic carbocycles. The molecule has 26 heavy (non-hydrogen) atoms. The van der Waals surface area contributed by atoms with Crippen LogP contribution in [0.3, 0.4) is 0 Å². The van der Waals surface area contributed by atoms with E-state index in [2.05, 4.69) is 15.3 Å². The maximum absolute atomic E-state index is 13.5. The number of aromatic nitrogens is 2. The summed E-state index contributed by atoms with van der Waals surface area (Å²) in [4.78, 5) is 28.0. The summed E-state index contributed by atoms with van der Waals surface area (Å²) in [6.07, 6.45) is 3.29. The van der Waals surface area contributed by atoms with Gasteiger partial charge in [0.2, 0.25) is 12.4 Å². The summed E-state index contributed by atoms with van der Waals surface area (Å²) >= 11 is 5.81. The molecule has 0 fully saturated rings. The van der Waals surface area contributed by atoms with E-state index in [1.165, 1.54) is 36.5 Å². The van der Waals surface area contributed by atoms with E-state index in [1.807, 2.05) is 6.92 Å². The number of nitrogens with zero attached hydrogens (tertiary/aromatic N) is 1. The molecule has 0 bridgehead atoms. The van der Waals surface area contributed by atoms with Crippen LogP contribution in [0.5, 0.6) is 0 Å². The van der Waals surface area contributed by atoms with E-state index in [4.69, 9.17) is 11.6 Å². The summed E-state index contributed by atoms with van der Waals surface area (Å²) in [5.41, 5.74) is 1.65. The second kappa shape index (κ2) is 8.87. The number of hydrogen-bond donors (Lipinski definition) is 2. The molecule has 3 aromatic rings. The van der Waals surface area contributed by atoms with E-state index >= 15 is 0 Å². The Balaban J connectivity index is 0.000000209. The molecule has 0 atom stereocenters. The molecule has 0 aliphatic heterocycles. The molecule has 2 aromatic heterocycles. The van der Waals surface area contributed by atoms with Crippen LogP contribution in [-0.2, 0) is 4.79 Å². The molecule has 0 spiro atoms. The SMILES string of the molecule is Cc1cc(C(=O)c2c(F)cccc2Cl)c[nH]1.O=CNc1ccc(F)nc1. The zero-order valence-electron chi connectivity index (χ0n) is 13.6. The maximum Gasteiger partial charge on any atom is 0.212 e. The molecular formula is C18H14ClF2N3O2. The third kappa shape index (κ3) is 4.97. The lowest BCUT2D eigenvalue weighted by Crippen LogP contribution is -2.04. The fourth-order valence-corrected chi connectivity index (χ4v) is 2.28. The van der Waals surface area contributed by atoms with E-state index in [0.717, 1.165) is 5.69 Å². The van der Waals surface area contributed by atoms with Crippen LogP contribution >= 0.6 is 11.6 Å². The molecule has 8 heteroatoms. The predicted octanol–water partition coefficient (Wildman–Crippen LogP) is 4.14. The second-order valence-electron chi connectivity index (χ2n) is 5.13. The number of hydrogen-bond acceptors (Lipinski definition) is 3. The van der Waals surface area contributed by atoms with Gasteiger partial charge in [-0.05, 0) is 37.3 Å². The minimum atomic E-state index is -0.601. The van der Waals surface area contributed by atoms with Crippen molar-refractivity contribution >= 4 is 29.5 Å². The average Bonchev–Trinajstić information content (AvgIpc) is 3.04. The maximum atomic E-state index is 13.5. The summed E-state index contributed by atoms with van der Waals surface area (Å²) in [6.45, 7) is 1.82. The zero-order valence-corrected chi connectivity index (χ0v) is 14.3. The molecule has 0 unspecified atom stereocenters. The Labute approximate surface area is 153 Å². The fraction of sp³-hybridized carbons (Fsp3) is 0.0556. The number of rotatable bonds is 4. The predicted molar refractivity (Wildman–Crippen MR) is 94.3 cm³/mol. The number of benzene rings is 1. The third-order valence-electron chi connectivity index (χ3n) is 3.23. The number of ketones is 1. The average molecular weight is 378 g/mol. The summed E-state index contributed by atoms with van der Waals surface area (Å²) < 4.78 is 25.6. The highest BCUT2D eigenvalue weighted by atomic mass is 35.5. The van der Waals surface area contributed by atoms with Crippen molar-refractivity contribution < 1.29 is 18.4 Å². The van der Waals surface area contributed by atoms with Crippen LogP contribution in [0, 0.1) is 18.7 Å². The van der Waals surface area contributed by atoms with E-state index in [9.17, 15) is 18.4 Å². The van der Waals surface area contributed by atoms with Crippen molar-refractivity contribution in [3.8, 4) is 0 Å². The Bertz CT molecular complexity index is 891. The van der Waals surface area contributed by atoms with Gasteiger partial charge in [0.25, 0.3) is 0 Å². The van der Waals surface area contributed by atoms with Crippen LogP contribution in [-0.4, -0.2) is 22.2 Å². The number of pyridine rings is 1. The fourth-order valence-electron chi connectivity index (χ4n) is 2.03. The van der Waals surface area contributed by atoms with Crippen molar-refractivity contribution in [1.29, 1.82) is 0 Å². The lowest BCUT2D eigenvalue weighted by Gasteiger charge is -2.02. The Morgan fingerprint density at radius 1 is 1.27 bits per heavy atom. The molecule has 0 radical (unpaired) electrons. The van der Waals surface area contributed by atoms with Crippen molar-refractivity contribution in [2.24, 2.45) is 0 Å². The van der Waals surface area contributed by atoms with Crippen molar-refractivity contribution in [3.63, 3.8) is 0 Å². The van der Waals surface area contributed by atoms with Crippen LogP contribution in [0.1, 0.15) is 21.6 Å². The highest BCUT2D eigenvalue weighted by Gasteiger charge is 2.18. The molecule has 3 rings (SSSR count). The Kier molecular flexibility index (Phi) is 6.57. The second-order valence-corrected chi connectivity index (χ2v) is 5.54. The van der Waals surface area contributed by atoms with Crippen molar-refractivity contribution in [2.45, 2.75) is 6.92 Å². The standard InChI is InChI=1S/C12H9ClFNO.C6H5FN2O/c1-7-5-8(6-15-7)12(16)11-9(13)3-2-4-10(11)14;7-6-2-1-5(3-8-6)9-4-10/h2-6,15H,1H3;1-4H,(H,9,10). The van der Waals surface area contributed by atoms with Crippen molar-refractivity contribution in [3.05, 3.63) is 82.4 Å². The molecule has 0 saturated carbocycles. The van der Waals surface area contributed by atoms with Gasteiger partial charge < -0.3 is 10.3 Å². The van der Waals surface area contributed by atoms with Crippen molar-refractivity contribution in [2.75, 3.05) is 5.32 Å². The van der Waals surface area contributed by atoms with E-state index in [0.29, 0.717) is 17.7 Å². The molecular weight excluding hydrogens is 364 g/mol. The van der Waals surface area contributed by atoms with Gasteiger partial charge in [-0.1, -0.05) is 17.7 Å². The van der Waals surface area contributed by atoms with Gasteiger partial charge in [0, 0.05) is 17.5 Å². The number of carbonyl (C=O) groups excluding carboxylic acids is 2. The van der Waals surface area contributed by atoms with Crippen LogP contribution in [0.2, 0.25) is 5.02 Å². The zero-order chi connectivity index (χ0) is 19.1. The Morgan fingerprint density at radius 3 is 2.58 bits per heavy atom. The van der Waals surface area contributed by atoms with Crippen LogP contribution < -0.4 is 5.32 Å². The molecule has 5 nitrogen and oxygen atoms in total. The number of halogens is 3. The number of aromatic amines is 1. The van der Waals surface area contributed by atoms with Gasteiger partial charge in [0.15, 0.2) is 5.78 Å². The topological polar surface area (TPSA) is 74.8 Å². The Morgan fingerprint density at radius 2 is 2.04 bits per heavy atom. The molecule has 134 valence electrons. The molecule has 0 aliphatic rings. The lowest BCUT2D eigenvalue weighted by atomic mass is 10.1. The van der Waals surface area contributed by atoms with Gasteiger partial charge in [-0.25, -0.2) is 9.37 Å². The summed E-state index contributed by atoms with van der Waals surface area (Å²) in [5.74, 6) is -1.57. The molecule has 0 saturated heterocycles. The normalized spacial score (nSPS) is 9.85. The van der Waals surface area contributed by atoms with Crippen LogP contribution in [0.25, 0.3) is 0 Å². The number of nitrogens with one attached hydrogen (secondary N) is 2. The van der Waals surface area contributed by atoms with Crippen molar-refractivity contribution in [1.82, 2.24) is 9.97 Å². The van der Waals surface area contributed by atoms with Gasteiger partial charge in [0.05, 0.1) is 22.5 Å². The first-order valence-electron chi connectivity index (χ1n) is 7.38. The van der Waals surface area contributed by atoms with Crippen LogP contribution in [0.4, 0.5) is 14.5 Å². The first-order valence-corrected chi connectivity index (χ1v) is 7.75. The molecule has 2 N–H and O–H groups in total. The number of aryl methyl sites for hydroxylation is 1. The minimum absolute atomic E-state index is 0.0804. The third-order valence-corrected chi connectivity index (χ3v) is 3.55. The molecule has 2 heterocycles. The quantitative estimate of drug-likeness (QED) is 0.407. The highest BCUT2D eigenvalue weighted by Crippen LogP contribution is 2.22. The number of anilines is 1. The minimum Gasteiger partial charge on any atom is -0.364 e. The molecule has 1 amide bonds. The number of H-pyrrole nitrogens is 1. The summed E-state index contributed by atoms with van der Waals surface area (Å²) in [7, 11) is 0. The number of amides is 1. The van der Waals surface area contributed by atoms with Crippen LogP contribution in [0.15, 0.2) is 48.8 Å². The largest absolute Gasteiger partial charge is 0.364 e. The number of carbonyl (C=O) groups is 2. The summed E-state index contributed by atoms with van der Waals surface area (Å²) in [6, 6.07) is 8.44. The van der Waals surface area contributed by atoms with Gasteiger partial charge in [-0.2, -0.15) is 4.39 Å². The first kappa shape index (κ1) is 19.3. The lowest BCUT2D eigenvalue weighted by molar-refractivity contribution is -0.105. The van der Waals surface area contributed by atoms with Gasteiger partial charge in [0.1, 0.15) is 5.82 Å². The van der Waals surface area contributed by atoms with Gasteiger partial charge in [-0.3, -0.25) is 9.59 Å². The van der Waals surface area contributed by atoms with E-state index in [1.54, 1.807) is 12.3 Å². The molecule has 0 aliphatic carbocycles. The van der Waals surface area contributed by atoms with Gasteiger partial charge in [-0.15, -0.1) is 0 Å². The van der Waals surface area contributed by atoms with Gasteiger partial charge >= 0.3 is 0 Å². The van der Waals surface area contributed by atoms with E-state index < -0.39 is 17.5 Å². The monoisotopic (exact) mass is 377 g/mol. The summed E-state index contributed by atoms with van der Waals surface area (Å²) in [5, 5.41) is 2.45. The highest BCUT2D eigenvalue weighted by molar-refractivity contribution is 6.35. The van der Waals surface area contributed by atoms with E-state index in [-0.39, 0.29) is 10.6 Å². The smallest absolute Gasteiger partial charge is 0.212 e. The first-order chi connectivity index (χ1) is 12.4.